The van der Waals surface area contributed by atoms with Crippen molar-refractivity contribution in [2.75, 3.05) is 6.26 Å². The van der Waals surface area contributed by atoms with Crippen LogP contribution in [0.1, 0.15) is 23.5 Å². The summed E-state index contributed by atoms with van der Waals surface area (Å²) < 4.78 is 68.8. The second-order valence-corrected chi connectivity index (χ2v) is 11.1. The molecule has 0 bridgehead atoms. The number of thioether (sulfide) groups is 1. The number of hydrogen-bond acceptors (Lipinski definition) is 7. The molecule has 2 aromatic carbocycles. The number of carbonyl (C=O) groups excluding carboxylic acids is 1. The molecular formula is C22H19F3N2O4S3. The van der Waals surface area contributed by atoms with Gasteiger partial charge in [-0.05, 0) is 48.1 Å². The van der Waals surface area contributed by atoms with E-state index in [1.54, 1.807) is 30.5 Å². The third kappa shape index (κ3) is 5.45. The van der Waals surface area contributed by atoms with Crippen LogP contribution < -0.4 is 5.73 Å². The molecule has 6 nitrogen and oxygen atoms in total. The molecule has 1 unspecified atom stereocenters. The summed E-state index contributed by atoms with van der Waals surface area (Å²) >= 11 is 2.37. The van der Waals surface area contributed by atoms with E-state index in [2.05, 4.69) is 4.74 Å². The number of sulfone groups is 1. The van der Waals surface area contributed by atoms with Crippen molar-refractivity contribution < 1.29 is 31.1 Å². The number of thiophene rings is 1. The molecule has 34 heavy (non-hydrogen) atoms. The lowest BCUT2D eigenvalue weighted by Gasteiger charge is -2.15. The van der Waals surface area contributed by atoms with Crippen molar-refractivity contribution in [3.05, 3.63) is 65.0 Å². The first-order chi connectivity index (χ1) is 15.8. The standard InChI is InChI=1S/C22H19F3N2O4S3/c1-12(31-21(28)22(23,24)25)13-6-8-14(9-7-13)15-4-3-5-16(10-15)34(29,30)18-11-17(19(26)27)33-20(18)32-2/h3-12H,1-2H3,(H3,26,27). The summed E-state index contributed by atoms with van der Waals surface area (Å²) in [6.45, 7) is 1.32. The lowest BCUT2D eigenvalue weighted by Crippen LogP contribution is -2.26. The van der Waals surface area contributed by atoms with E-state index in [0.29, 0.717) is 25.8 Å². The molecule has 0 radical (unpaired) electrons. The molecule has 0 fully saturated rings. The van der Waals surface area contributed by atoms with Gasteiger partial charge in [0, 0.05) is 0 Å². The molecule has 0 aliphatic carbocycles. The van der Waals surface area contributed by atoms with Crippen molar-refractivity contribution in [3.63, 3.8) is 0 Å². The van der Waals surface area contributed by atoms with Crippen LogP contribution in [0.3, 0.4) is 0 Å². The van der Waals surface area contributed by atoms with E-state index in [1.807, 2.05) is 0 Å². The van der Waals surface area contributed by atoms with Gasteiger partial charge in [-0.2, -0.15) is 13.2 Å². The number of nitrogens with one attached hydrogen (secondary N) is 1. The van der Waals surface area contributed by atoms with Gasteiger partial charge in [0.1, 0.15) is 11.9 Å². The average Bonchev–Trinajstić information content (AvgIpc) is 3.24. The SMILES string of the molecule is CSc1sc(C(=N)N)cc1S(=O)(=O)c1cccc(-c2ccc(C(C)OC(=O)C(F)(F)F)cc2)c1. The Kier molecular flexibility index (Phi) is 7.44. The van der Waals surface area contributed by atoms with Gasteiger partial charge in [-0.3, -0.25) is 5.41 Å². The van der Waals surface area contributed by atoms with Crippen molar-refractivity contribution in [3.8, 4) is 11.1 Å². The molecule has 12 heteroatoms. The number of halogens is 3. The van der Waals surface area contributed by atoms with Gasteiger partial charge in [-0.1, -0.05) is 36.4 Å². The van der Waals surface area contributed by atoms with Crippen LogP contribution >= 0.6 is 23.1 Å². The van der Waals surface area contributed by atoms with E-state index in [1.165, 1.54) is 49.0 Å². The number of nitrogen functional groups attached to an aromatic ring is 1. The summed E-state index contributed by atoms with van der Waals surface area (Å²) in [5.41, 5.74) is 7.06. The van der Waals surface area contributed by atoms with Crippen molar-refractivity contribution in [2.24, 2.45) is 5.73 Å². The quantitative estimate of drug-likeness (QED) is 0.183. The summed E-state index contributed by atoms with van der Waals surface area (Å²) in [6, 6.07) is 13.8. The highest BCUT2D eigenvalue weighted by Crippen LogP contribution is 2.37. The van der Waals surface area contributed by atoms with Crippen molar-refractivity contribution in [2.45, 2.75) is 33.2 Å². The number of esters is 1. The molecule has 0 spiro atoms. The van der Waals surface area contributed by atoms with E-state index in [-0.39, 0.29) is 15.6 Å². The molecule has 3 aromatic rings. The number of amidine groups is 1. The second-order valence-electron chi connectivity index (χ2n) is 7.08. The third-order valence-corrected chi connectivity index (χ3v) is 9.12. The van der Waals surface area contributed by atoms with E-state index < -0.39 is 28.1 Å². The zero-order chi connectivity index (χ0) is 25.3. The fourth-order valence-corrected chi connectivity index (χ4v) is 6.93. The van der Waals surface area contributed by atoms with Gasteiger partial charge >= 0.3 is 12.1 Å². The minimum Gasteiger partial charge on any atom is -0.451 e. The molecule has 3 rings (SSSR count). The van der Waals surface area contributed by atoms with Crippen LogP contribution in [-0.4, -0.2) is 32.7 Å². The maximum atomic E-state index is 13.3. The van der Waals surface area contributed by atoms with Crippen molar-refractivity contribution in [1.82, 2.24) is 0 Å². The van der Waals surface area contributed by atoms with E-state index in [9.17, 15) is 26.4 Å². The molecule has 3 N–H and O–H groups in total. The fraction of sp³-hybridized carbons (Fsp3) is 0.182. The molecule has 0 aliphatic rings. The molecular weight excluding hydrogens is 509 g/mol. The highest BCUT2D eigenvalue weighted by molar-refractivity contribution is 8.01. The first-order valence-corrected chi connectivity index (χ1v) is 13.1. The topological polar surface area (TPSA) is 110 Å². The first-order valence-electron chi connectivity index (χ1n) is 9.60. The maximum absolute atomic E-state index is 13.3. The van der Waals surface area contributed by atoms with Crippen molar-refractivity contribution in [1.29, 1.82) is 5.41 Å². The summed E-state index contributed by atoms with van der Waals surface area (Å²) in [7, 11) is -3.90. The monoisotopic (exact) mass is 528 g/mol. The smallest absolute Gasteiger partial charge is 0.451 e. The summed E-state index contributed by atoms with van der Waals surface area (Å²) in [6.07, 6.45) is -4.46. The molecule has 0 aliphatic heterocycles. The van der Waals surface area contributed by atoms with Gasteiger partial charge in [0.25, 0.3) is 0 Å². The van der Waals surface area contributed by atoms with Gasteiger partial charge in [-0.25, -0.2) is 13.2 Å². The summed E-state index contributed by atoms with van der Waals surface area (Å²) in [4.78, 5) is 11.5. The average molecular weight is 529 g/mol. The molecule has 0 amide bonds. The summed E-state index contributed by atoms with van der Waals surface area (Å²) in [5.74, 6) is -2.49. The number of benzene rings is 2. The van der Waals surface area contributed by atoms with Gasteiger partial charge in [0.2, 0.25) is 9.84 Å². The number of hydrogen-bond donors (Lipinski definition) is 2. The number of ether oxygens (including phenoxy) is 1. The van der Waals surface area contributed by atoms with Crippen molar-refractivity contribution >= 4 is 44.7 Å². The highest BCUT2D eigenvalue weighted by atomic mass is 32.2. The van der Waals surface area contributed by atoms with E-state index in [4.69, 9.17) is 11.1 Å². The lowest BCUT2D eigenvalue weighted by atomic mass is 10.0. The number of nitrogens with two attached hydrogens (primary N) is 1. The second kappa shape index (κ2) is 9.80. The Hall–Kier alpha value is -2.83. The molecule has 0 saturated carbocycles. The maximum Gasteiger partial charge on any atom is 0.490 e. The Morgan fingerprint density at radius 2 is 1.76 bits per heavy atom. The Bertz CT molecular complexity index is 1330. The predicted molar refractivity (Wildman–Crippen MR) is 125 cm³/mol. The molecule has 0 saturated heterocycles. The van der Waals surface area contributed by atoms with Crippen LogP contribution in [0.15, 0.2) is 68.6 Å². The molecule has 1 aromatic heterocycles. The zero-order valence-electron chi connectivity index (χ0n) is 17.8. The normalized spacial score (nSPS) is 12.9. The Morgan fingerprint density at radius 1 is 1.12 bits per heavy atom. The first kappa shape index (κ1) is 25.8. The molecule has 1 heterocycles. The largest absolute Gasteiger partial charge is 0.490 e. The van der Waals surface area contributed by atoms with Crippen LogP contribution in [-0.2, 0) is 19.4 Å². The third-order valence-electron chi connectivity index (χ3n) is 4.78. The molecule has 180 valence electrons. The van der Waals surface area contributed by atoms with E-state index in [0.717, 1.165) is 11.3 Å². The lowest BCUT2D eigenvalue weighted by molar-refractivity contribution is -0.204. The zero-order valence-corrected chi connectivity index (χ0v) is 20.3. The Balaban J connectivity index is 1.90. The van der Waals surface area contributed by atoms with Gasteiger partial charge in [-0.15, -0.1) is 23.1 Å². The Labute approximate surface area is 202 Å². The number of rotatable bonds is 7. The predicted octanol–water partition coefficient (Wildman–Crippen LogP) is 5.42. The van der Waals surface area contributed by atoms with Crippen LogP contribution in [0.25, 0.3) is 11.1 Å². The highest BCUT2D eigenvalue weighted by Gasteiger charge is 2.41. The number of carbonyl (C=O) groups is 1. The van der Waals surface area contributed by atoms with Crippen LogP contribution in [0.2, 0.25) is 0 Å². The minimum atomic E-state index is -5.08. The van der Waals surface area contributed by atoms with Crippen LogP contribution in [0.4, 0.5) is 13.2 Å². The molecule has 1 atom stereocenters. The van der Waals surface area contributed by atoms with Gasteiger partial charge in [0.05, 0.1) is 18.9 Å². The van der Waals surface area contributed by atoms with Gasteiger partial charge < -0.3 is 10.5 Å². The Morgan fingerprint density at radius 3 is 2.32 bits per heavy atom. The van der Waals surface area contributed by atoms with Crippen LogP contribution in [0.5, 0.6) is 0 Å². The van der Waals surface area contributed by atoms with E-state index >= 15 is 0 Å². The number of alkyl halides is 3. The minimum absolute atomic E-state index is 0.0461. The fourth-order valence-electron chi connectivity index (χ4n) is 3.03. The van der Waals surface area contributed by atoms with Crippen LogP contribution in [0, 0.1) is 5.41 Å². The van der Waals surface area contributed by atoms with Gasteiger partial charge in [0.15, 0.2) is 0 Å². The summed E-state index contributed by atoms with van der Waals surface area (Å²) in [5, 5.41) is 7.59.